The number of ether oxygens (including phenoxy) is 2. The van der Waals surface area contributed by atoms with Gasteiger partial charge in [-0.2, -0.15) is 8.42 Å². The molecule has 0 amide bonds. The lowest BCUT2D eigenvalue weighted by Crippen LogP contribution is -2.29. The first kappa shape index (κ1) is 17.3. The highest BCUT2D eigenvalue weighted by molar-refractivity contribution is 7.85. The van der Waals surface area contributed by atoms with Gasteiger partial charge in [-0.15, -0.1) is 3.98 Å². The summed E-state index contributed by atoms with van der Waals surface area (Å²) in [7, 11) is -0.796. The summed E-state index contributed by atoms with van der Waals surface area (Å²) in [5.74, 6) is 1.43. The number of hydrogen-bond donors (Lipinski definition) is 1. The fourth-order valence-electron chi connectivity index (χ4n) is 2.83. The second-order valence-corrected chi connectivity index (χ2v) is 7.46. The zero-order valence-corrected chi connectivity index (χ0v) is 15.0. The highest BCUT2D eigenvalue weighted by atomic mass is 32.2. The van der Waals surface area contributed by atoms with Crippen LogP contribution in [-0.4, -0.2) is 45.5 Å². The maximum atomic E-state index is 13.2. The predicted molar refractivity (Wildman–Crippen MR) is 95.0 cm³/mol. The molecule has 0 aliphatic carbocycles. The molecule has 0 atom stereocenters. The van der Waals surface area contributed by atoms with Gasteiger partial charge >= 0.3 is 10.0 Å². The molecule has 7 heteroatoms. The number of nitrogens with zero attached hydrogens (tertiary/aromatic N) is 1. The molecule has 1 aliphatic heterocycles. The largest absolute Gasteiger partial charge is 0.497 e. The van der Waals surface area contributed by atoms with Crippen LogP contribution in [0.3, 0.4) is 0 Å². The predicted octanol–water partition coefficient (Wildman–Crippen LogP) is 1.65. The lowest BCUT2D eigenvalue weighted by Gasteiger charge is -2.11. The average Bonchev–Trinajstić information content (AvgIpc) is 3.11. The van der Waals surface area contributed by atoms with E-state index in [4.69, 9.17) is 9.47 Å². The fraction of sp³-hybridized carbons (Fsp3) is 0.278. The molecule has 1 aliphatic rings. The third-order valence-electron chi connectivity index (χ3n) is 4.10. The number of amidine groups is 1. The molecule has 0 fully saturated rings. The quantitative estimate of drug-likeness (QED) is 0.793. The van der Waals surface area contributed by atoms with Crippen molar-refractivity contribution in [2.45, 2.75) is 11.3 Å². The zero-order valence-electron chi connectivity index (χ0n) is 14.2. The number of nitrogens with one attached hydrogen (secondary N) is 1. The van der Waals surface area contributed by atoms with Gasteiger partial charge in [0, 0.05) is 6.07 Å². The van der Waals surface area contributed by atoms with Crippen molar-refractivity contribution < 1.29 is 21.9 Å². The molecule has 0 radical (unpaired) electrons. The van der Waals surface area contributed by atoms with Crippen molar-refractivity contribution in [3.8, 4) is 11.5 Å². The van der Waals surface area contributed by atoms with E-state index in [-0.39, 0.29) is 4.90 Å². The summed E-state index contributed by atoms with van der Waals surface area (Å²) in [6.45, 7) is 0.957. The van der Waals surface area contributed by atoms with Gasteiger partial charge in [-0.25, -0.2) is 0 Å². The molecular weight excluding hydrogens is 340 g/mol. The van der Waals surface area contributed by atoms with Crippen LogP contribution in [0.4, 0.5) is 0 Å². The van der Waals surface area contributed by atoms with E-state index in [2.05, 4.69) is 5.32 Å². The van der Waals surface area contributed by atoms with Crippen molar-refractivity contribution in [3.63, 3.8) is 0 Å². The van der Waals surface area contributed by atoms with Crippen molar-refractivity contribution >= 4 is 15.9 Å². The van der Waals surface area contributed by atoms with Crippen molar-refractivity contribution in [1.82, 2.24) is 5.32 Å². The Labute approximate surface area is 147 Å². The average molecular weight is 361 g/mol. The summed E-state index contributed by atoms with van der Waals surface area (Å²) in [4.78, 5) is 0.101. The van der Waals surface area contributed by atoms with Crippen LogP contribution in [0.25, 0.3) is 0 Å². The number of sulfonamides is 1. The van der Waals surface area contributed by atoms with Crippen molar-refractivity contribution in [3.05, 3.63) is 54.1 Å². The van der Waals surface area contributed by atoms with Crippen LogP contribution in [0.5, 0.6) is 11.5 Å². The zero-order chi connectivity index (χ0) is 17.9. The van der Waals surface area contributed by atoms with Crippen LogP contribution in [0.1, 0.15) is 5.56 Å². The highest BCUT2D eigenvalue weighted by Gasteiger charge is 2.35. The van der Waals surface area contributed by atoms with Crippen molar-refractivity contribution in [1.29, 1.82) is 0 Å². The minimum absolute atomic E-state index is 0.101. The Hall–Kier alpha value is -2.54. The number of benzene rings is 2. The number of rotatable bonds is 6. The second-order valence-electron chi connectivity index (χ2n) is 5.63. The Morgan fingerprint density at radius 1 is 1.08 bits per heavy atom. The number of hydrogen-bond acceptors (Lipinski definition) is 5. The standard InChI is InChI=1S/C18H20N2O4S/c1-23-15-8-9-16(24-2)17(13-15)25(21,22)20-11-10-19-18(20)12-14-6-4-3-5-7-14/h3-9,13H,10-12H2,1-2H3/p+1. The minimum Gasteiger partial charge on any atom is -0.497 e. The molecule has 2 aromatic carbocycles. The van der Waals surface area contributed by atoms with E-state index in [0.717, 1.165) is 5.56 Å². The van der Waals surface area contributed by atoms with E-state index in [1.54, 1.807) is 12.1 Å². The van der Waals surface area contributed by atoms with Gasteiger partial charge in [-0.3, -0.25) is 5.32 Å². The molecule has 1 N–H and O–H groups in total. The Bertz CT molecular complexity index is 893. The summed E-state index contributed by atoms with van der Waals surface area (Å²) in [5, 5.41) is 3.19. The van der Waals surface area contributed by atoms with E-state index in [0.29, 0.717) is 36.8 Å². The maximum Gasteiger partial charge on any atom is 0.334 e. The summed E-state index contributed by atoms with van der Waals surface area (Å²) < 4.78 is 38.3. The molecule has 2 aromatic rings. The summed E-state index contributed by atoms with van der Waals surface area (Å²) >= 11 is 0. The lowest BCUT2D eigenvalue weighted by molar-refractivity contribution is -0.354. The van der Waals surface area contributed by atoms with E-state index in [1.165, 1.54) is 24.3 Å². The Morgan fingerprint density at radius 2 is 1.84 bits per heavy atom. The molecule has 132 valence electrons. The maximum absolute atomic E-state index is 13.2. The third-order valence-corrected chi connectivity index (χ3v) is 5.96. The summed E-state index contributed by atoms with van der Waals surface area (Å²) in [6.07, 6.45) is 0.520. The van der Waals surface area contributed by atoms with Crippen LogP contribution in [0, 0.1) is 0 Å². The van der Waals surface area contributed by atoms with Crippen molar-refractivity contribution in [2.75, 3.05) is 27.3 Å². The van der Waals surface area contributed by atoms with Gasteiger partial charge in [0.05, 0.1) is 20.6 Å². The number of methoxy groups -OCH3 is 2. The van der Waals surface area contributed by atoms with Gasteiger partial charge in [0.2, 0.25) is 0 Å². The van der Waals surface area contributed by atoms with E-state index < -0.39 is 10.0 Å². The van der Waals surface area contributed by atoms with Crippen LogP contribution in [0.2, 0.25) is 0 Å². The first-order valence-electron chi connectivity index (χ1n) is 7.94. The molecule has 1 heterocycles. The van der Waals surface area contributed by atoms with Gasteiger partial charge in [-0.1, -0.05) is 30.3 Å². The lowest BCUT2D eigenvalue weighted by atomic mass is 10.1. The molecule has 0 saturated heterocycles. The Balaban J connectivity index is 2.05. The van der Waals surface area contributed by atoms with E-state index in [9.17, 15) is 8.42 Å². The fourth-order valence-corrected chi connectivity index (χ4v) is 4.49. The van der Waals surface area contributed by atoms with Crippen molar-refractivity contribution in [2.24, 2.45) is 0 Å². The van der Waals surface area contributed by atoms with Crippen LogP contribution < -0.4 is 14.8 Å². The van der Waals surface area contributed by atoms with Gasteiger partial charge in [0.25, 0.3) is 5.84 Å². The summed E-state index contributed by atoms with van der Waals surface area (Å²) in [5.41, 5.74) is 1.05. The molecule has 0 saturated carbocycles. The third kappa shape index (κ3) is 3.46. The Morgan fingerprint density at radius 3 is 2.52 bits per heavy atom. The monoisotopic (exact) mass is 361 g/mol. The van der Waals surface area contributed by atoms with E-state index in [1.807, 2.05) is 30.3 Å². The normalized spacial score (nSPS) is 14.3. The van der Waals surface area contributed by atoms with Gasteiger partial charge in [0.15, 0.2) is 4.90 Å². The second kappa shape index (κ2) is 7.14. The first-order chi connectivity index (χ1) is 12.1. The topological polar surface area (TPSA) is 67.6 Å². The van der Waals surface area contributed by atoms with Gasteiger partial charge in [-0.05, 0) is 17.7 Å². The van der Waals surface area contributed by atoms with Gasteiger partial charge in [0.1, 0.15) is 24.6 Å². The van der Waals surface area contributed by atoms with Gasteiger partial charge < -0.3 is 9.47 Å². The van der Waals surface area contributed by atoms with Crippen LogP contribution in [0.15, 0.2) is 53.4 Å². The van der Waals surface area contributed by atoms with E-state index >= 15 is 0 Å². The summed E-state index contributed by atoms with van der Waals surface area (Å²) in [6, 6.07) is 14.5. The molecule has 25 heavy (non-hydrogen) atoms. The van der Waals surface area contributed by atoms with Crippen LogP contribution in [-0.2, 0) is 16.4 Å². The SMILES string of the molecule is COc1ccc(OC)c(S(=O)(=O)[N+]2=C(Cc3ccccc3)NCC2)c1. The molecular formula is C18H21N2O4S+. The van der Waals surface area contributed by atoms with Crippen LogP contribution >= 0.6 is 0 Å². The Kier molecular flexibility index (Phi) is 4.94. The highest BCUT2D eigenvalue weighted by Crippen LogP contribution is 2.29. The molecule has 0 spiro atoms. The molecule has 0 bridgehead atoms. The first-order valence-corrected chi connectivity index (χ1v) is 9.38. The molecule has 6 nitrogen and oxygen atoms in total. The molecule has 0 aromatic heterocycles. The molecule has 0 unspecified atom stereocenters. The smallest absolute Gasteiger partial charge is 0.334 e. The molecule has 3 rings (SSSR count). The minimum atomic E-state index is -3.75.